The van der Waals surface area contributed by atoms with Crippen molar-refractivity contribution in [1.82, 2.24) is 0 Å². The zero-order valence-electron chi connectivity index (χ0n) is 13.0. The number of hydrogen-bond acceptors (Lipinski definition) is 4. The van der Waals surface area contributed by atoms with Crippen LogP contribution < -0.4 is 5.73 Å². The molecule has 130 valence electrons. The molecule has 7 heteroatoms. The fourth-order valence-corrected chi connectivity index (χ4v) is 3.49. The van der Waals surface area contributed by atoms with Gasteiger partial charge in [-0.3, -0.25) is 9.59 Å². The average Bonchev–Trinajstić information content (AvgIpc) is 3.36. The van der Waals surface area contributed by atoms with Crippen LogP contribution in [0.25, 0.3) is 0 Å². The van der Waals surface area contributed by atoms with E-state index in [0.717, 1.165) is 5.56 Å². The van der Waals surface area contributed by atoms with E-state index < -0.39 is 12.0 Å². The minimum atomic E-state index is -0.878. The monoisotopic (exact) mass is 371 g/mol. The van der Waals surface area contributed by atoms with E-state index in [-0.39, 0.29) is 23.7 Å². The van der Waals surface area contributed by atoms with Crippen molar-refractivity contribution in [2.45, 2.75) is 31.3 Å². The predicted molar refractivity (Wildman–Crippen MR) is 89.9 cm³/mol. The Bertz CT molecular complexity index is 645. The first-order valence-electron chi connectivity index (χ1n) is 8.00. The summed E-state index contributed by atoms with van der Waals surface area (Å²) in [6.07, 6.45) is 1.14. The van der Waals surface area contributed by atoms with E-state index in [4.69, 9.17) is 38.4 Å². The van der Waals surface area contributed by atoms with Crippen molar-refractivity contribution in [3.05, 3.63) is 33.8 Å². The van der Waals surface area contributed by atoms with Gasteiger partial charge in [-0.1, -0.05) is 29.3 Å². The Balaban J connectivity index is 1.62. The lowest BCUT2D eigenvalue weighted by Gasteiger charge is -2.27. The third kappa shape index (κ3) is 3.85. The van der Waals surface area contributed by atoms with Gasteiger partial charge in [-0.05, 0) is 42.9 Å². The first kappa shape index (κ1) is 17.5. The van der Waals surface area contributed by atoms with Crippen LogP contribution in [-0.2, 0) is 19.1 Å². The Labute approximate surface area is 150 Å². The minimum Gasteiger partial charge on any atom is -0.452 e. The Hall–Kier alpha value is -1.30. The number of halogens is 2. The zero-order valence-corrected chi connectivity index (χ0v) is 14.6. The number of carbonyl (C=O) groups is 2. The van der Waals surface area contributed by atoms with Gasteiger partial charge in [0.25, 0.3) is 5.91 Å². The molecule has 2 aliphatic rings. The summed E-state index contributed by atoms with van der Waals surface area (Å²) in [5, 5.41) is 0.943. The van der Waals surface area contributed by atoms with Gasteiger partial charge in [-0.2, -0.15) is 0 Å². The van der Waals surface area contributed by atoms with Crippen molar-refractivity contribution in [1.29, 1.82) is 0 Å². The Morgan fingerprint density at radius 3 is 2.54 bits per heavy atom. The molecule has 0 radical (unpaired) electrons. The summed E-state index contributed by atoms with van der Waals surface area (Å²) in [6, 6.07) is 5.34. The molecule has 1 aliphatic heterocycles. The van der Waals surface area contributed by atoms with Gasteiger partial charge in [0.05, 0.1) is 16.0 Å². The molecular formula is C17H19Cl2NO4. The van der Waals surface area contributed by atoms with Crippen LogP contribution in [0.2, 0.25) is 10.0 Å². The quantitative estimate of drug-likeness (QED) is 0.807. The van der Waals surface area contributed by atoms with Gasteiger partial charge in [0.15, 0.2) is 6.10 Å². The van der Waals surface area contributed by atoms with Gasteiger partial charge in [-0.25, -0.2) is 0 Å². The highest BCUT2D eigenvalue weighted by molar-refractivity contribution is 6.42. The maximum Gasteiger partial charge on any atom is 0.310 e. The molecule has 1 aromatic carbocycles. The summed E-state index contributed by atoms with van der Waals surface area (Å²) in [5.41, 5.74) is 6.38. The highest BCUT2D eigenvalue weighted by Gasteiger charge is 2.47. The summed E-state index contributed by atoms with van der Waals surface area (Å²) in [5.74, 6) is -1.25. The number of benzene rings is 1. The average molecular weight is 372 g/mol. The number of nitrogens with two attached hydrogens (primary N) is 1. The molecule has 2 fully saturated rings. The Morgan fingerprint density at radius 1 is 1.21 bits per heavy atom. The number of primary amides is 1. The molecule has 1 aromatic rings. The summed E-state index contributed by atoms with van der Waals surface area (Å²) in [4.78, 5) is 24.1. The lowest BCUT2D eigenvalue weighted by molar-refractivity contribution is -0.161. The molecule has 24 heavy (non-hydrogen) atoms. The summed E-state index contributed by atoms with van der Waals surface area (Å²) in [6.45, 7) is 1.11. The lowest BCUT2D eigenvalue weighted by atomic mass is 9.93. The van der Waals surface area contributed by atoms with E-state index in [1.807, 2.05) is 6.07 Å². The molecule has 1 saturated carbocycles. The SMILES string of the molecule is NC(=O)C(OC(=O)C1CC1c1ccc(Cl)c(Cl)c1)C1CCOCC1. The lowest BCUT2D eigenvalue weighted by Crippen LogP contribution is -2.41. The molecule has 2 N–H and O–H groups in total. The molecule has 3 atom stereocenters. The Kier molecular flexibility index (Phi) is 5.33. The van der Waals surface area contributed by atoms with Crippen LogP contribution in [-0.4, -0.2) is 31.2 Å². The van der Waals surface area contributed by atoms with Crippen molar-refractivity contribution in [3.8, 4) is 0 Å². The number of esters is 1. The van der Waals surface area contributed by atoms with Crippen LogP contribution in [0.15, 0.2) is 18.2 Å². The smallest absolute Gasteiger partial charge is 0.310 e. The van der Waals surface area contributed by atoms with Crippen LogP contribution in [0.3, 0.4) is 0 Å². The topological polar surface area (TPSA) is 78.6 Å². The van der Waals surface area contributed by atoms with Crippen molar-refractivity contribution >= 4 is 35.1 Å². The number of hydrogen-bond donors (Lipinski definition) is 1. The van der Waals surface area contributed by atoms with E-state index in [1.165, 1.54) is 0 Å². The fraction of sp³-hybridized carbons (Fsp3) is 0.529. The van der Waals surface area contributed by atoms with Crippen molar-refractivity contribution in [2.24, 2.45) is 17.6 Å². The van der Waals surface area contributed by atoms with Crippen molar-refractivity contribution in [3.63, 3.8) is 0 Å². The summed E-state index contributed by atoms with van der Waals surface area (Å²) < 4.78 is 10.7. The van der Waals surface area contributed by atoms with Gasteiger partial charge < -0.3 is 15.2 Å². The van der Waals surface area contributed by atoms with Gasteiger partial charge in [0, 0.05) is 19.1 Å². The number of rotatable bonds is 5. The van der Waals surface area contributed by atoms with E-state index in [0.29, 0.717) is 42.5 Å². The molecule has 1 saturated heterocycles. The van der Waals surface area contributed by atoms with Crippen LogP contribution in [0.5, 0.6) is 0 Å². The molecule has 5 nitrogen and oxygen atoms in total. The van der Waals surface area contributed by atoms with Crippen LogP contribution in [0.1, 0.15) is 30.7 Å². The summed E-state index contributed by atoms with van der Waals surface area (Å²) >= 11 is 11.9. The highest BCUT2D eigenvalue weighted by atomic mass is 35.5. The predicted octanol–water partition coefficient (Wildman–Crippen LogP) is 2.92. The molecule has 1 aliphatic carbocycles. The maximum absolute atomic E-state index is 12.4. The van der Waals surface area contributed by atoms with E-state index in [9.17, 15) is 9.59 Å². The first-order valence-corrected chi connectivity index (χ1v) is 8.75. The molecule has 1 heterocycles. The zero-order chi connectivity index (χ0) is 17.3. The second kappa shape index (κ2) is 7.30. The molecule has 3 unspecified atom stereocenters. The van der Waals surface area contributed by atoms with Crippen LogP contribution in [0.4, 0.5) is 0 Å². The molecular weight excluding hydrogens is 353 g/mol. The fourth-order valence-electron chi connectivity index (χ4n) is 3.18. The molecule has 0 spiro atoms. The second-order valence-corrected chi connectivity index (χ2v) is 7.15. The van der Waals surface area contributed by atoms with Crippen molar-refractivity contribution < 1.29 is 19.1 Å². The first-order chi connectivity index (χ1) is 11.5. The van der Waals surface area contributed by atoms with Gasteiger partial charge in [-0.15, -0.1) is 0 Å². The van der Waals surface area contributed by atoms with Gasteiger partial charge in [0.1, 0.15) is 0 Å². The molecule has 0 bridgehead atoms. The maximum atomic E-state index is 12.4. The van der Waals surface area contributed by atoms with E-state index >= 15 is 0 Å². The Morgan fingerprint density at radius 2 is 1.92 bits per heavy atom. The normalized spacial score (nSPS) is 25.1. The standard InChI is InChI=1S/C17H19Cl2NO4/c18-13-2-1-10(7-14(13)19)11-8-12(11)17(22)24-15(16(20)21)9-3-5-23-6-4-9/h1-2,7,9,11-12,15H,3-6,8H2,(H2,20,21). The minimum absolute atomic E-state index is 0.0514. The second-order valence-electron chi connectivity index (χ2n) is 6.33. The van der Waals surface area contributed by atoms with Crippen LogP contribution in [0, 0.1) is 11.8 Å². The van der Waals surface area contributed by atoms with E-state index in [1.54, 1.807) is 12.1 Å². The van der Waals surface area contributed by atoms with Crippen LogP contribution >= 0.6 is 23.2 Å². The number of ether oxygens (including phenoxy) is 2. The highest BCUT2D eigenvalue weighted by Crippen LogP contribution is 2.49. The summed E-state index contributed by atoms with van der Waals surface area (Å²) in [7, 11) is 0. The van der Waals surface area contributed by atoms with Crippen molar-refractivity contribution in [2.75, 3.05) is 13.2 Å². The van der Waals surface area contributed by atoms with Gasteiger partial charge in [0.2, 0.25) is 0 Å². The largest absolute Gasteiger partial charge is 0.452 e. The number of carbonyl (C=O) groups excluding carboxylic acids is 2. The third-order valence-electron chi connectivity index (χ3n) is 4.68. The third-order valence-corrected chi connectivity index (χ3v) is 5.42. The number of amides is 1. The van der Waals surface area contributed by atoms with Gasteiger partial charge >= 0.3 is 5.97 Å². The molecule has 0 aromatic heterocycles. The van der Waals surface area contributed by atoms with E-state index in [2.05, 4.69) is 0 Å². The molecule has 3 rings (SSSR count). The molecule has 1 amide bonds.